The molecule has 0 atom stereocenters. The molecule has 0 aromatic heterocycles. The first kappa shape index (κ1) is 22.6. The van der Waals surface area contributed by atoms with E-state index in [0.29, 0.717) is 16.9 Å². The minimum absolute atomic E-state index is 0.0830. The molecule has 0 saturated carbocycles. The van der Waals surface area contributed by atoms with Crippen molar-refractivity contribution in [1.29, 1.82) is 0 Å². The monoisotopic (exact) mass is 474 g/mol. The summed E-state index contributed by atoms with van der Waals surface area (Å²) in [6, 6.07) is 30.4. The molecule has 2 N–H and O–H groups in total. The quantitative estimate of drug-likeness (QED) is 0.334. The van der Waals surface area contributed by atoms with Gasteiger partial charge in [0, 0.05) is 21.0 Å². The molecule has 0 aliphatic carbocycles. The number of anilines is 2. The van der Waals surface area contributed by atoms with E-state index >= 15 is 0 Å². The zero-order chi connectivity index (χ0) is 23.3. The lowest BCUT2D eigenvalue weighted by molar-refractivity contribution is 0.102. The molecule has 33 heavy (non-hydrogen) atoms. The molecule has 0 radical (unpaired) electrons. The molecule has 166 valence electrons. The van der Waals surface area contributed by atoms with Gasteiger partial charge in [0.25, 0.3) is 15.9 Å². The number of carbonyl (C=O) groups is 1. The molecule has 0 heterocycles. The molecular formula is C26H22N2O3S2. The van der Waals surface area contributed by atoms with E-state index in [2.05, 4.69) is 10.0 Å². The Kier molecular flexibility index (Phi) is 6.82. The highest BCUT2D eigenvalue weighted by Crippen LogP contribution is 2.33. The van der Waals surface area contributed by atoms with Crippen molar-refractivity contribution >= 4 is 39.1 Å². The summed E-state index contributed by atoms with van der Waals surface area (Å²) in [7, 11) is -3.75. The lowest BCUT2D eigenvalue weighted by Gasteiger charge is -2.12. The SMILES string of the molecule is Cc1ccc(NS(=O)(=O)c2ccc(C(=O)Nc3ccccc3Sc3ccccc3)cc2)cc1. The summed E-state index contributed by atoms with van der Waals surface area (Å²) in [5, 5.41) is 2.93. The van der Waals surface area contributed by atoms with Crippen molar-refractivity contribution in [3.05, 3.63) is 114 Å². The van der Waals surface area contributed by atoms with Gasteiger partial charge in [-0.05, 0) is 67.6 Å². The van der Waals surface area contributed by atoms with Gasteiger partial charge in [-0.1, -0.05) is 59.8 Å². The second kappa shape index (κ2) is 9.94. The third kappa shape index (κ3) is 5.83. The standard InChI is InChI=1S/C26H22N2O3S2/c1-19-11-15-21(16-12-19)28-33(30,31)23-17-13-20(14-18-23)26(29)27-24-9-5-6-10-25(24)32-22-7-3-2-4-8-22/h2-18,28H,1H3,(H,27,29). The number of aryl methyl sites for hydroxylation is 1. The third-order valence-electron chi connectivity index (χ3n) is 4.84. The molecule has 0 fully saturated rings. The molecule has 0 saturated heterocycles. The Balaban J connectivity index is 1.47. The maximum absolute atomic E-state index is 12.8. The predicted octanol–water partition coefficient (Wildman–Crippen LogP) is 6.20. The molecular weight excluding hydrogens is 452 g/mol. The van der Waals surface area contributed by atoms with Gasteiger partial charge in [0.1, 0.15) is 0 Å². The van der Waals surface area contributed by atoms with Gasteiger partial charge in [0.05, 0.1) is 10.6 Å². The first-order chi connectivity index (χ1) is 15.9. The zero-order valence-corrected chi connectivity index (χ0v) is 19.5. The lowest BCUT2D eigenvalue weighted by atomic mass is 10.2. The maximum atomic E-state index is 12.8. The fourth-order valence-corrected chi connectivity index (χ4v) is 5.07. The van der Waals surface area contributed by atoms with Crippen molar-refractivity contribution < 1.29 is 13.2 Å². The van der Waals surface area contributed by atoms with E-state index in [9.17, 15) is 13.2 Å². The third-order valence-corrected chi connectivity index (χ3v) is 7.32. The maximum Gasteiger partial charge on any atom is 0.261 e. The Morgan fingerprint density at radius 1 is 0.758 bits per heavy atom. The van der Waals surface area contributed by atoms with E-state index in [1.54, 1.807) is 23.9 Å². The van der Waals surface area contributed by atoms with Gasteiger partial charge in [0.15, 0.2) is 0 Å². The van der Waals surface area contributed by atoms with Crippen LogP contribution in [0.3, 0.4) is 0 Å². The van der Waals surface area contributed by atoms with Crippen LogP contribution in [-0.4, -0.2) is 14.3 Å². The molecule has 5 nitrogen and oxygen atoms in total. The molecule has 0 spiro atoms. The number of sulfonamides is 1. The number of nitrogens with one attached hydrogen (secondary N) is 2. The summed E-state index contributed by atoms with van der Waals surface area (Å²) < 4.78 is 27.9. The van der Waals surface area contributed by atoms with Gasteiger partial charge in [-0.3, -0.25) is 9.52 Å². The molecule has 1 amide bonds. The second-order valence-corrected chi connectivity index (χ2v) is 10.2. The van der Waals surface area contributed by atoms with Crippen molar-refractivity contribution in [2.75, 3.05) is 10.0 Å². The molecule has 4 aromatic carbocycles. The van der Waals surface area contributed by atoms with Gasteiger partial charge in [-0.2, -0.15) is 0 Å². The number of benzene rings is 4. The van der Waals surface area contributed by atoms with E-state index < -0.39 is 10.0 Å². The summed E-state index contributed by atoms with van der Waals surface area (Å²) >= 11 is 1.56. The first-order valence-electron chi connectivity index (χ1n) is 10.2. The van der Waals surface area contributed by atoms with E-state index in [0.717, 1.165) is 15.4 Å². The predicted molar refractivity (Wildman–Crippen MR) is 133 cm³/mol. The van der Waals surface area contributed by atoms with Crippen molar-refractivity contribution in [3.8, 4) is 0 Å². The van der Waals surface area contributed by atoms with Crippen LogP contribution in [0.2, 0.25) is 0 Å². The van der Waals surface area contributed by atoms with Crippen LogP contribution in [0, 0.1) is 6.92 Å². The van der Waals surface area contributed by atoms with Crippen molar-refractivity contribution in [2.24, 2.45) is 0 Å². The highest BCUT2D eigenvalue weighted by Gasteiger charge is 2.16. The Morgan fingerprint density at radius 3 is 2.09 bits per heavy atom. The minimum atomic E-state index is -3.75. The number of rotatable bonds is 7. The van der Waals surface area contributed by atoms with Crippen LogP contribution in [0.1, 0.15) is 15.9 Å². The lowest BCUT2D eigenvalue weighted by Crippen LogP contribution is -2.15. The largest absolute Gasteiger partial charge is 0.321 e. The zero-order valence-electron chi connectivity index (χ0n) is 17.9. The van der Waals surface area contributed by atoms with Crippen LogP contribution in [0.4, 0.5) is 11.4 Å². The highest BCUT2D eigenvalue weighted by molar-refractivity contribution is 7.99. The fourth-order valence-electron chi connectivity index (χ4n) is 3.09. The average molecular weight is 475 g/mol. The van der Waals surface area contributed by atoms with Gasteiger partial charge < -0.3 is 5.32 Å². The van der Waals surface area contributed by atoms with Crippen LogP contribution in [-0.2, 0) is 10.0 Å². The van der Waals surface area contributed by atoms with Crippen LogP contribution >= 0.6 is 11.8 Å². The number of carbonyl (C=O) groups excluding carboxylic acids is 1. The number of hydrogen-bond donors (Lipinski definition) is 2. The second-order valence-electron chi connectivity index (χ2n) is 7.36. The molecule has 4 rings (SSSR count). The minimum Gasteiger partial charge on any atom is -0.321 e. The van der Waals surface area contributed by atoms with E-state index in [4.69, 9.17) is 0 Å². The summed E-state index contributed by atoms with van der Waals surface area (Å²) in [4.78, 5) is 14.9. The van der Waals surface area contributed by atoms with Crippen LogP contribution in [0.15, 0.2) is 118 Å². The molecule has 0 unspecified atom stereocenters. The van der Waals surface area contributed by atoms with E-state index in [1.165, 1.54) is 24.3 Å². The normalized spacial score (nSPS) is 11.1. The average Bonchev–Trinajstić information content (AvgIpc) is 2.82. The summed E-state index contributed by atoms with van der Waals surface area (Å²) in [6.45, 7) is 1.93. The Morgan fingerprint density at radius 2 is 1.39 bits per heavy atom. The molecule has 7 heteroatoms. The van der Waals surface area contributed by atoms with Crippen molar-refractivity contribution in [2.45, 2.75) is 21.6 Å². The topological polar surface area (TPSA) is 75.3 Å². The molecule has 0 aliphatic heterocycles. The fraction of sp³-hybridized carbons (Fsp3) is 0.0385. The van der Waals surface area contributed by atoms with Crippen LogP contribution in [0.25, 0.3) is 0 Å². The van der Waals surface area contributed by atoms with Gasteiger partial charge >= 0.3 is 0 Å². The molecule has 0 bridgehead atoms. The van der Waals surface area contributed by atoms with Crippen molar-refractivity contribution in [3.63, 3.8) is 0 Å². The van der Waals surface area contributed by atoms with E-state index in [1.807, 2.05) is 73.7 Å². The molecule has 0 aliphatic rings. The Hall–Kier alpha value is -3.55. The first-order valence-corrected chi connectivity index (χ1v) is 12.5. The molecule has 4 aromatic rings. The van der Waals surface area contributed by atoms with Gasteiger partial charge in [0.2, 0.25) is 0 Å². The smallest absolute Gasteiger partial charge is 0.261 e. The highest BCUT2D eigenvalue weighted by atomic mass is 32.2. The summed E-state index contributed by atoms with van der Waals surface area (Å²) in [5.74, 6) is -0.313. The number of hydrogen-bond acceptors (Lipinski definition) is 4. The Labute approximate surface area is 197 Å². The van der Waals surface area contributed by atoms with Gasteiger partial charge in [-0.25, -0.2) is 8.42 Å². The summed E-state index contributed by atoms with van der Waals surface area (Å²) in [5.41, 5.74) is 2.57. The van der Waals surface area contributed by atoms with E-state index in [-0.39, 0.29) is 10.8 Å². The number of amides is 1. The number of para-hydroxylation sites is 1. The van der Waals surface area contributed by atoms with Gasteiger partial charge in [-0.15, -0.1) is 0 Å². The van der Waals surface area contributed by atoms with Crippen molar-refractivity contribution in [1.82, 2.24) is 0 Å². The van der Waals surface area contributed by atoms with Crippen LogP contribution in [0.5, 0.6) is 0 Å². The van der Waals surface area contributed by atoms with Crippen LogP contribution < -0.4 is 10.0 Å². The Bertz CT molecular complexity index is 1350. The summed E-state index contributed by atoms with van der Waals surface area (Å²) in [6.07, 6.45) is 0.